The first-order valence-corrected chi connectivity index (χ1v) is 7.36. The van der Waals surface area contributed by atoms with E-state index < -0.39 is 0 Å². The molecule has 0 saturated carbocycles. The lowest BCUT2D eigenvalue weighted by molar-refractivity contribution is -0.119. The number of carbonyl (C=O) groups is 1. The van der Waals surface area contributed by atoms with Gasteiger partial charge in [0.25, 0.3) is 0 Å². The van der Waals surface area contributed by atoms with E-state index in [4.69, 9.17) is 0 Å². The second kappa shape index (κ2) is 6.88. The maximum Gasteiger partial charge on any atom is 0.228 e. The van der Waals surface area contributed by atoms with Crippen molar-refractivity contribution in [3.05, 3.63) is 41.8 Å². The van der Waals surface area contributed by atoms with Crippen LogP contribution in [-0.4, -0.2) is 19.0 Å². The zero-order valence-electron chi connectivity index (χ0n) is 11.0. The Balaban J connectivity index is 0.00000147. The smallest absolute Gasteiger partial charge is 0.228 e. The van der Waals surface area contributed by atoms with Gasteiger partial charge >= 0.3 is 0 Å². The van der Waals surface area contributed by atoms with Crippen LogP contribution in [0.4, 0.5) is 5.69 Å². The number of halogens is 1. The number of amides is 1. The van der Waals surface area contributed by atoms with E-state index in [1.165, 1.54) is 4.88 Å². The summed E-state index contributed by atoms with van der Waals surface area (Å²) in [5, 5.41) is 8.29. The van der Waals surface area contributed by atoms with Gasteiger partial charge in [-0.3, -0.25) is 4.79 Å². The van der Waals surface area contributed by atoms with Crippen LogP contribution < -0.4 is 10.6 Å². The van der Waals surface area contributed by atoms with Crippen LogP contribution in [0, 0.1) is 5.92 Å². The number of anilines is 1. The predicted molar refractivity (Wildman–Crippen MR) is 86.6 cm³/mol. The maximum atomic E-state index is 12.1. The summed E-state index contributed by atoms with van der Waals surface area (Å²) in [6.07, 6.45) is 0.927. The van der Waals surface area contributed by atoms with Gasteiger partial charge in [-0.05, 0) is 42.1 Å². The minimum absolute atomic E-state index is 0. The average Bonchev–Trinajstić information content (AvgIpc) is 3.13. The number of hydrogen-bond acceptors (Lipinski definition) is 3. The molecule has 3 nitrogen and oxygen atoms in total. The van der Waals surface area contributed by atoms with Crippen LogP contribution in [0.5, 0.6) is 0 Å². The maximum absolute atomic E-state index is 12.1. The van der Waals surface area contributed by atoms with Crippen LogP contribution in [-0.2, 0) is 4.79 Å². The lowest BCUT2D eigenvalue weighted by Crippen LogP contribution is -2.24. The average molecular weight is 309 g/mol. The van der Waals surface area contributed by atoms with Gasteiger partial charge < -0.3 is 10.6 Å². The largest absolute Gasteiger partial charge is 0.326 e. The molecule has 20 heavy (non-hydrogen) atoms. The highest BCUT2D eigenvalue weighted by Gasteiger charge is 2.22. The summed E-state index contributed by atoms with van der Waals surface area (Å²) in [5.41, 5.74) is 2.03. The van der Waals surface area contributed by atoms with E-state index in [0.717, 1.165) is 30.8 Å². The van der Waals surface area contributed by atoms with Crippen molar-refractivity contribution >= 4 is 35.3 Å². The molecule has 1 aliphatic rings. The first-order valence-electron chi connectivity index (χ1n) is 6.48. The fourth-order valence-corrected chi connectivity index (χ4v) is 3.04. The first-order chi connectivity index (χ1) is 9.33. The van der Waals surface area contributed by atoms with E-state index >= 15 is 0 Å². The summed E-state index contributed by atoms with van der Waals surface area (Å²) in [6, 6.07) is 12.2. The van der Waals surface area contributed by atoms with E-state index in [2.05, 4.69) is 28.1 Å². The van der Waals surface area contributed by atoms with Gasteiger partial charge in [-0.2, -0.15) is 0 Å². The van der Waals surface area contributed by atoms with Crippen LogP contribution in [0.15, 0.2) is 41.8 Å². The van der Waals surface area contributed by atoms with Crippen molar-refractivity contribution in [1.29, 1.82) is 0 Å². The molecule has 1 amide bonds. The standard InChI is InChI=1S/C15H16N2OS.ClH/c18-15(12-6-7-16-10-12)17-13-4-1-3-11(9-13)14-5-2-8-19-14;/h1-5,8-9,12,16H,6-7,10H2,(H,17,18);1H. The lowest BCUT2D eigenvalue weighted by Gasteiger charge is -2.10. The molecule has 1 fully saturated rings. The van der Waals surface area contributed by atoms with Gasteiger partial charge in [-0.15, -0.1) is 23.7 Å². The number of nitrogens with one attached hydrogen (secondary N) is 2. The van der Waals surface area contributed by atoms with Gasteiger partial charge in [-0.1, -0.05) is 18.2 Å². The minimum atomic E-state index is 0. The molecule has 1 aliphatic heterocycles. The number of thiophene rings is 1. The fraction of sp³-hybridized carbons (Fsp3) is 0.267. The van der Waals surface area contributed by atoms with Crippen LogP contribution in [0.25, 0.3) is 10.4 Å². The van der Waals surface area contributed by atoms with Crippen molar-refractivity contribution in [1.82, 2.24) is 5.32 Å². The van der Waals surface area contributed by atoms with Gasteiger partial charge in [0.2, 0.25) is 5.91 Å². The Hall–Kier alpha value is -1.36. The molecule has 106 valence electrons. The molecule has 1 saturated heterocycles. The minimum Gasteiger partial charge on any atom is -0.326 e. The van der Waals surface area contributed by atoms with E-state index in [-0.39, 0.29) is 24.2 Å². The Morgan fingerprint density at radius 2 is 2.20 bits per heavy atom. The van der Waals surface area contributed by atoms with Crippen LogP contribution in [0.1, 0.15) is 6.42 Å². The van der Waals surface area contributed by atoms with Crippen molar-refractivity contribution in [2.75, 3.05) is 18.4 Å². The topological polar surface area (TPSA) is 41.1 Å². The monoisotopic (exact) mass is 308 g/mol. The zero-order valence-corrected chi connectivity index (χ0v) is 12.6. The first kappa shape index (κ1) is 15.0. The van der Waals surface area contributed by atoms with Gasteiger partial charge in [-0.25, -0.2) is 0 Å². The van der Waals surface area contributed by atoms with Gasteiger partial charge in [0.1, 0.15) is 0 Å². The number of carbonyl (C=O) groups excluding carboxylic acids is 1. The normalized spacial score (nSPS) is 17.5. The van der Waals surface area contributed by atoms with Crippen molar-refractivity contribution < 1.29 is 4.79 Å². The Bertz CT molecular complexity index is 565. The third-order valence-corrected chi connectivity index (χ3v) is 4.29. The highest BCUT2D eigenvalue weighted by atomic mass is 35.5. The molecule has 1 atom stereocenters. The molecular weight excluding hydrogens is 292 g/mol. The van der Waals surface area contributed by atoms with Crippen molar-refractivity contribution in [3.8, 4) is 10.4 Å². The van der Waals surface area contributed by atoms with E-state index in [0.29, 0.717) is 0 Å². The van der Waals surface area contributed by atoms with Crippen molar-refractivity contribution in [2.45, 2.75) is 6.42 Å². The molecule has 0 bridgehead atoms. The second-order valence-corrected chi connectivity index (χ2v) is 5.68. The number of hydrogen-bond donors (Lipinski definition) is 2. The van der Waals surface area contributed by atoms with Gasteiger partial charge in [0, 0.05) is 17.1 Å². The fourth-order valence-electron chi connectivity index (χ4n) is 2.32. The molecule has 2 aromatic rings. The van der Waals surface area contributed by atoms with Gasteiger partial charge in [0.05, 0.1) is 5.92 Å². The highest BCUT2D eigenvalue weighted by molar-refractivity contribution is 7.13. The Labute approximate surface area is 128 Å². The van der Waals surface area contributed by atoms with E-state index in [9.17, 15) is 4.79 Å². The molecular formula is C15H17ClN2OS. The van der Waals surface area contributed by atoms with Crippen LogP contribution in [0.3, 0.4) is 0 Å². The Morgan fingerprint density at radius 3 is 2.90 bits per heavy atom. The van der Waals surface area contributed by atoms with Crippen LogP contribution >= 0.6 is 23.7 Å². The molecule has 0 aliphatic carbocycles. The summed E-state index contributed by atoms with van der Waals surface area (Å²) in [5.74, 6) is 0.221. The summed E-state index contributed by atoms with van der Waals surface area (Å²) >= 11 is 1.71. The summed E-state index contributed by atoms with van der Waals surface area (Å²) in [7, 11) is 0. The van der Waals surface area contributed by atoms with Crippen molar-refractivity contribution in [3.63, 3.8) is 0 Å². The lowest BCUT2D eigenvalue weighted by atomic mass is 10.1. The number of rotatable bonds is 3. The van der Waals surface area contributed by atoms with Crippen molar-refractivity contribution in [2.24, 2.45) is 5.92 Å². The molecule has 0 radical (unpaired) electrons. The molecule has 2 N–H and O–H groups in total. The molecule has 3 rings (SSSR count). The number of benzene rings is 1. The van der Waals surface area contributed by atoms with E-state index in [1.54, 1.807) is 11.3 Å². The molecule has 0 spiro atoms. The molecule has 2 heterocycles. The molecule has 1 aromatic heterocycles. The molecule has 1 aromatic carbocycles. The zero-order chi connectivity index (χ0) is 13.1. The third kappa shape index (κ3) is 3.39. The second-order valence-electron chi connectivity index (χ2n) is 4.74. The summed E-state index contributed by atoms with van der Waals surface area (Å²) < 4.78 is 0. The molecule has 1 unspecified atom stereocenters. The summed E-state index contributed by atoms with van der Waals surface area (Å²) in [6.45, 7) is 1.73. The van der Waals surface area contributed by atoms with Crippen LogP contribution in [0.2, 0.25) is 0 Å². The predicted octanol–water partition coefficient (Wildman–Crippen LogP) is 3.38. The SMILES string of the molecule is Cl.O=C(Nc1cccc(-c2cccs2)c1)C1CCNC1. The third-order valence-electron chi connectivity index (χ3n) is 3.37. The van der Waals surface area contributed by atoms with Gasteiger partial charge in [0.15, 0.2) is 0 Å². The quantitative estimate of drug-likeness (QED) is 0.912. The highest BCUT2D eigenvalue weighted by Crippen LogP contribution is 2.27. The Morgan fingerprint density at radius 1 is 1.30 bits per heavy atom. The Kier molecular flexibility index (Phi) is 5.17. The summed E-state index contributed by atoms with van der Waals surface area (Å²) in [4.78, 5) is 13.3. The van der Waals surface area contributed by atoms with E-state index in [1.807, 2.05) is 24.3 Å². The molecule has 5 heteroatoms.